The van der Waals surface area contributed by atoms with Crippen molar-refractivity contribution >= 4 is 40.0 Å². The summed E-state index contributed by atoms with van der Waals surface area (Å²) in [6.45, 7) is 2.62. The number of hydrogen-bond acceptors (Lipinski definition) is 5. The molecular formula is C25H25ClN2O5. The zero-order valence-corrected chi connectivity index (χ0v) is 19.4. The van der Waals surface area contributed by atoms with Crippen LogP contribution < -0.4 is 4.74 Å². The molecule has 0 bridgehead atoms. The lowest BCUT2D eigenvalue weighted by Gasteiger charge is -2.25. The monoisotopic (exact) mass is 468 g/mol. The van der Waals surface area contributed by atoms with Crippen LogP contribution in [0.15, 0.2) is 48.0 Å². The van der Waals surface area contributed by atoms with Crippen molar-refractivity contribution in [1.29, 1.82) is 0 Å². The van der Waals surface area contributed by atoms with Crippen LogP contribution in [0.2, 0.25) is 5.02 Å². The van der Waals surface area contributed by atoms with E-state index in [0.29, 0.717) is 25.3 Å². The van der Waals surface area contributed by atoms with Crippen molar-refractivity contribution in [3.05, 3.63) is 69.9 Å². The summed E-state index contributed by atoms with van der Waals surface area (Å²) in [6, 6.07) is 11.7. The Morgan fingerprint density at radius 3 is 2.67 bits per heavy atom. The maximum atomic E-state index is 13.3. The second kappa shape index (κ2) is 9.29. The zero-order chi connectivity index (χ0) is 23.7. The summed E-state index contributed by atoms with van der Waals surface area (Å²) < 4.78 is 10.4. The normalized spacial score (nSPS) is 17.8. The number of fused-ring (bicyclic) bond motifs is 1. The minimum absolute atomic E-state index is 0.000392. The number of carbonyl (C=O) groups excluding carboxylic acids is 2. The van der Waals surface area contributed by atoms with Crippen molar-refractivity contribution in [1.82, 2.24) is 9.88 Å². The topological polar surface area (TPSA) is 91.9 Å². The van der Waals surface area contributed by atoms with Crippen LogP contribution in [0.1, 0.15) is 29.3 Å². The highest BCUT2D eigenvalue weighted by atomic mass is 35.5. The summed E-state index contributed by atoms with van der Waals surface area (Å²) in [5.74, 6) is -1.28. The molecule has 1 aliphatic heterocycles. The van der Waals surface area contributed by atoms with Gasteiger partial charge < -0.3 is 24.5 Å². The molecule has 2 heterocycles. The number of H-pyrrole nitrogens is 1. The molecule has 7 nitrogen and oxygen atoms in total. The number of carbonyl (C=O) groups is 2. The quantitative estimate of drug-likeness (QED) is 0.229. The average molecular weight is 469 g/mol. The maximum Gasteiger partial charge on any atom is 0.295 e. The van der Waals surface area contributed by atoms with Gasteiger partial charge in [-0.3, -0.25) is 9.59 Å². The van der Waals surface area contributed by atoms with E-state index in [4.69, 9.17) is 21.1 Å². The highest BCUT2D eigenvalue weighted by molar-refractivity contribution is 6.47. The summed E-state index contributed by atoms with van der Waals surface area (Å²) in [5.41, 5.74) is 2.69. The molecule has 8 heteroatoms. The van der Waals surface area contributed by atoms with Gasteiger partial charge in [0.1, 0.15) is 11.5 Å². The molecule has 172 valence electrons. The molecular weight excluding hydrogens is 444 g/mol. The fourth-order valence-corrected chi connectivity index (χ4v) is 4.61. The molecule has 1 aromatic heterocycles. The van der Waals surface area contributed by atoms with Crippen LogP contribution in [-0.2, 0) is 14.3 Å². The molecule has 1 atom stereocenters. The molecule has 1 saturated heterocycles. The number of nitrogens with zero attached hydrogens (tertiary/aromatic N) is 1. The number of methoxy groups -OCH3 is 2. The fourth-order valence-electron chi connectivity index (χ4n) is 4.40. The Bertz CT molecular complexity index is 1260. The molecule has 0 radical (unpaired) electrons. The zero-order valence-electron chi connectivity index (χ0n) is 18.6. The molecule has 3 aromatic rings. The molecule has 0 aliphatic carbocycles. The number of aryl methyl sites for hydroxylation is 1. The number of ether oxygens (including phenoxy) is 2. The van der Waals surface area contributed by atoms with Crippen molar-refractivity contribution < 1.29 is 24.2 Å². The summed E-state index contributed by atoms with van der Waals surface area (Å²) in [7, 11) is 3.08. The first-order chi connectivity index (χ1) is 15.9. The van der Waals surface area contributed by atoms with E-state index in [9.17, 15) is 14.7 Å². The van der Waals surface area contributed by atoms with Gasteiger partial charge in [0, 0.05) is 48.0 Å². The highest BCUT2D eigenvalue weighted by Gasteiger charge is 2.47. The number of Topliss-reactive ketones (excluding diaryl/α,β-unsaturated/α-hetero) is 1. The van der Waals surface area contributed by atoms with Gasteiger partial charge in [-0.15, -0.1) is 0 Å². The molecule has 4 rings (SSSR count). The van der Waals surface area contributed by atoms with Crippen molar-refractivity contribution in [3.8, 4) is 5.75 Å². The summed E-state index contributed by atoms with van der Waals surface area (Å²) in [6.07, 6.45) is 0.543. The molecule has 2 N–H and O–H groups in total. The number of benzene rings is 2. The Balaban J connectivity index is 1.96. The number of para-hydroxylation sites is 1. The standard InChI is InChI=1S/C25H25ClN2O5/c1-14-20(16-7-4-5-8-19(16)27-14)22-21(24(30)25(31)28(22)11-6-12-32-2)23(29)17-13-15(33-3)9-10-18(17)26/h4-5,7-10,13,22,27,29H,6,11-12H2,1-3H3/b23-21+. The van der Waals surface area contributed by atoms with Gasteiger partial charge in [-0.05, 0) is 37.6 Å². The number of likely N-dealkylation sites (tertiary alicyclic amines) is 1. The summed E-state index contributed by atoms with van der Waals surface area (Å²) in [4.78, 5) is 31.2. The first-order valence-corrected chi connectivity index (χ1v) is 10.9. The third-order valence-corrected chi connectivity index (χ3v) is 6.26. The Hall–Kier alpha value is -3.29. The number of nitrogens with one attached hydrogen (secondary N) is 1. The van der Waals surface area contributed by atoms with E-state index in [1.54, 1.807) is 25.3 Å². The molecule has 1 fully saturated rings. The molecule has 2 aromatic carbocycles. The van der Waals surface area contributed by atoms with Gasteiger partial charge in [-0.1, -0.05) is 29.8 Å². The van der Waals surface area contributed by atoms with Crippen molar-refractivity contribution in [2.45, 2.75) is 19.4 Å². The lowest BCUT2D eigenvalue weighted by Crippen LogP contribution is -2.31. The van der Waals surface area contributed by atoms with E-state index in [0.717, 1.165) is 22.2 Å². The van der Waals surface area contributed by atoms with Crippen LogP contribution in [0, 0.1) is 6.92 Å². The van der Waals surface area contributed by atoms with E-state index in [2.05, 4.69) is 4.98 Å². The molecule has 1 amide bonds. The van der Waals surface area contributed by atoms with Gasteiger partial charge in [-0.25, -0.2) is 0 Å². The fraction of sp³-hybridized carbons (Fsp3) is 0.280. The van der Waals surface area contributed by atoms with E-state index in [-0.39, 0.29) is 21.9 Å². The van der Waals surface area contributed by atoms with E-state index >= 15 is 0 Å². The molecule has 33 heavy (non-hydrogen) atoms. The Morgan fingerprint density at radius 1 is 1.18 bits per heavy atom. The molecule has 1 unspecified atom stereocenters. The van der Waals surface area contributed by atoms with Crippen LogP contribution in [0.25, 0.3) is 16.7 Å². The first kappa shape index (κ1) is 22.9. The number of rotatable bonds is 7. The van der Waals surface area contributed by atoms with E-state index < -0.39 is 17.7 Å². The minimum Gasteiger partial charge on any atom is -0.507 e. The van der Waals surface area contributed by atoms with Crippen molar-refractivity contribution in [3.63, 3.8) is 0 Å². The van der Waals surface area contributed by atoms with Gasteiger partial charge in [0.05, 0.1) is 23.7 Å². The van der Waals surface area contributed by atoms with Gasteiger partial charge in [0.15, 0.2) is 0 Å². The van der Waals surface area contributed by atoms with Gasteiger partial charge in [0.2, 0.25) is 0 Å². The van der Waals surface area contributed by atoms with E-state index in [1.165, 1.54) is 12.0 Å². The summed E-state index contributed by atoms with van der Waals surface area (Å²) >= 11 is 6.37. The Kier molecular flexibility index (Phi) is 6.44. The van der Waals surface area contributed by atoms with Crippen LogP contribution in [0.4, 0.5) is 0 Å². The largest absolute Gasteiger partial charge is 0.507 e. The maximum absolute atomic E-state index is 13.3. The lowest BCUT2D eigenvalue weighted by molar-refractivity contribution is -0.140. The Morgan fingerprint density at radius 2 is 1.94 bits per heavy atom. The SMILES string of the molecule is COCCCN1C(=O)C(=O)/C(=C(/O)c2cc(OC)ccc2Cl)C1c1c(C)[nH]c2ccccc12. The molecule has 0 saturated carbocycles. The third-order valence-electron chi connectivity index (χ3n) is 5.93. The van der Waals surface area contributed by atoms with Gasteiger partial charge >= 0.3 is 0 Å². The number of ketones is 1. The minimum atomic E-state index is -0.778. The number of aliphatic hydroxyl groups excluding tert-OH is 1. The number of aromatic nitrogens is 1. The lowest BCUT2D eigenvalue weighted by atomic mass is 9.93. The second-order valence-corrected chi connectivity index (χ2v) is 8.30. The average Bonchev–Trinajstić information content (AvgIpc) is 3.26. The number of amides is 1. The highest BCUT2D eigenvalue weighted by Crippen LogP contribution is 2.44. The molecule has 0 spiro atoms. The van der Waals surface area contributed by atoms with Gasteiger partial charge in [0.25, 0.3) is 11.7 Å². The molecule has 1 aliphatic rings. The van der Waals surface area contributed by atoms with Crippen LogP contribution in [0.5, 0.6) is 5.75 Å². The van der Waals surface area contributed by atoms with Crippen molar-refractivity contribution in [2.24, 2.45) is 0 Å². The Labute approximate surface area is 196 Å². The van der Waals surface area contributed by atoms with Crippen LogP contribution in [0.3, 0.4) is 0 Å². The number of aliphatic hydroxyl groups is 1. The summed E-state index contributed by atoms with van der Waals surface area (Å²) in [5, 5.41) is 12.5. The first-order valence-electron chi connectivity index (χ1n) is 10.6. The number of aromatic amines is 1. The second-order valence-electron chi connectivity index (χ2n) is 7.89. The third kappa shape index (κ3) is 3.98. The number of hydrogen-bond donors (Lipinski definition) is 2. The van der Waals surface area contributed by atoms with Crippen molar-refractivity contribution in [2.75, 3.05) is 27.4 Å². The van der Waals surface area contributed by atoms with Gasteiger partial charge in [-0.2, -0.15) is 0 Å². The van der Waals surface area contributed by atoms with Crippen LogP contribution in [-0.4, -0.2) is 54.1 Å². The number of halogens is 1. The van der Waals surface area contributed by atoms with Crippen LogP contribution >= 0.6 is 11.6 Å². The van der Waals surface area contributed by atoms with E-state index in [1.807, 2.05) is 31.2 Å². The predicted octanol–water partition coefficient (Wildman–Crippen LogP) is 4.60. The smallest absolute Gasteiger partial charge is 0.295 e. The predicted molar refractivity (Wildman–Crippen MR) is 127 cm³/mol.